The summed E-state index contributed by atoms with van der Waals surface area (Å²) < 4.78 is 0. The zero-order chi connectivity index (χ0) is 20.5. The molecular weight excluding hydrogens is 386 g/mol. The lowest BCUT2D eigenvalue weighted by Gasteiger charge is -2.14. The van der Waals surface area contributed by atoms with Crippen molar-refractivity contribution >= 4 is 40.5 Å². The summed E-state index contributed by atoms with van der Waals surface area (Å²) in [5.74, 6) is -0.376. The average Bonchev–Trinajstić information content (AvgIpc) is 2.92. The molecule has 2 atom stereocenters. The summed E-state index contributed by atoms with van der Waals surface area (Å²) >= 11 is 1.69. The maximum Gasteiger partial charge on any atom is 0.251 e. The monoisotopic (exact) mass is 407 g/mol. The Balaban J connectivity index is 1.55. The number of rotatable bonds is 4. The fourth-order valence-corrected chi connectivity index (χ4v) is 4.84. The second-order valence-corrected chi connectivity index (χ2v) is 8.26. The van der Waals surface area contributed by atoms with E-state index in [9.17, 15) is 9.59 Å². The topological polar surface area (TPSA) is 124 Å². The third-order valence-electron chi connectivity index (χ3n) is 5.09. The number of carbonyl (C=O) groups excluding carboxylic acids is 2. The van der Waals surface area contributed by atoms with E-state index < -0.39 is 11.9 Å². The number of fused-ring (bicyclic) bond motifs is 3. The molecule has 1 aromatic carbocycles. The molecule has 148 valence electrons. The summed E-state index contributed by atoms with van der Waals surface area (Å²) in [5.41, 5.74) is 16.0. The molecule has 7 nitrogen and oxygen atoms in total. The molecule has 2 heterocycles. The van der Waals surface area contributed by atoms with Crippen LogP contribution in [0, 0.1) is 0 Å². The number of amides is 2. The molecule has 2 aromatic rings. The van der Waals surface area contributed by atoms with Gasteiger partial charge in [-0.15, -0.1) is 11.8 Å². The highest BCUT2D eigenvalue weighted by molar-refractivity contribution is 8.01. The second-order valence-electron chi connectivity index (χ2n) is 7.05. The molecule has 8 heteroatoms. The number of nitrogens with zero attached hydrogens (tertiary/aromatic N) is 2. The highest BCUT2D eigenvalue weighted by atomic mass is 32.2. The molecular formula is C21H21N5O2S. The van der Waals surface area contributed by atoms with Crippen LogP contribution in [0.4, 0.5) is 5.82 Å². The quantitative estimate of drug-likeness (QED) is 0.715. The lowest BCUT2D eigenvalue weighted by molar-refractivity contribution is -0.119. The Morgan fingerprint density at radius 2 is 2.10 bits per heavy atom. The smallest absolute Gasteiger partial charge is 0.251 e. The normalized spacial score (nSPS) is 18.6. The first-order valence-electron chi connectivity index (χ1n) is 9.31. The molecule has 2 aliphatic rings. The fourth-order valence-electron chi connectivity index (χ4n) is 3.51. The van der Waals surface area contributed by atoms with Crippen molar-refractivity contribution in [3.8, 4) is 0 Å². The summed E-state index contributed by atoms with van der Waals surface area (Å²) in [4.78, 5) is 33.1. The minimum atomic E-state index is -0.727. The number of nitrogen functional groups attached to an aromatic ring is 1. The largest absolute Gasteiger partial charge is 0.383 e. The molecule has 0 saturated heterocycles. The van der Waals surface area contributed by atoms with Gasteiger partial charge in [0.1, 0.15) is 18.2 Å². The van der Waals surface area contributed by atoms with Crippen LogP contribution in [0.2, 0.25) is 0 Å². The van der Waals surface area contributed by atoms with Crippen LogP contribution in [0.3, 0.4) is 0 Å². The predicted molar refractivity (Wildman–Crippen MR) is 114 cm³/mol. The summed E-state index contributed by atoms with van der Waals surface area (Å²) in [6.07, 6.45) is 7.45. The average molecular weight is 407 g/mol. The summed E-state index contributed by atoms with van der Waals surface area (Å²) in [6, 6.07) is 6.69. The van der Waals surface area contributed by atoms with Crippen molar-refractivity contribution in [3.05, 3.63) is 59.6 Å². The number of primary amides is 1. The Kier molecular flexibility index (Phi) is 5.10. The lowest BCUT2D eigenvalue weighted by Crippen LogP contribution is -2.42. The zero-order valence-corrected chi connectivity index (χ0v) is 16.7. The van der Waals surface area contributed by atoms with Gasteiger partial charge in [-0.25, -0.2) is 9.97 Å². The van der Waals surface area contributed by atoms with Gasteiger partial charge in [0, 0.05) is 10.8 Å². The minimum Gasteiger partial charge on any atom is -0.383 e. The van der Waals surface area contributed by atoms with E-state index in [0.717, 1.165) is 34.6 Å². The number of benzene rings is 1. The van der Waals surface area contributed by atoms with Crippen molar-refractivity contribution < 1.29 is 9.59 Å². The van der Waals surface area contributed by atoms with Gasteiger partial charge in [-0.2, -0.15) is 0 Å². The summed E-state index contributed by atoms with van der Waals surface area (Å²) in [6.45, 7) is 1.56. The van der Waals surface area contributed by atoms with Crippen LogP contribution in [0.1, 0.15) is 41.4 Å². The molecule has 5 N–H and O–H groups in total. The van der Waals surface area contributed by atoms with Crippen LogP contribution in [0.15, 0.2) is 47.6 Å². The van der Waals surface area contributed by atoms with Gasteiger partial charge in [0.05, 0.1) is 10.6 Å². The van der Waals surface area contributed by atoms with Gasteiger partial charge >= 0.3 is 0 Å². The Hall–Kier alpha value is -3.13. The molecule has 2 amide bonds. The summed E-state index contributed by atoms with van der Waals surface area (Å²) in [5, 5.41) is 2.83. The van der Waals surface area contributed by atoms with E-state index in [2.05, 4.69) is 27.4 Å². The fraction of sp³-hybridized carbons (Fsp3) is 0.238. The molecule has 0 fully saturated rings. The molecule has 1 aliphatic heterocycles. The first-order valence-corrected chi connectivity index (χ1v) is 10.2. The van der Waals surface area contributed by atoms with Crippen LogP contribution in [0.25, 0.3) is 11.1 Å². The number of nitrogens with one attached hydrogen (secondary N) is 1. The molecule has 1 aliphatic carbocycles. The Bertz CT molecular complexity index is 1060. The number of thioether (sulfide) groups is 1. The van der Waals surface area contributed by atoms with Gasteiger partial charge in [-0.1, -0.05) is 24.3 Å². The third kappa shape index (κ3) is 3.75. The molecule has 1 aromatic heterocycles. The maximum atomic E-state index is 12.4. The van der Waals surface area contributed by atoms with Crippen molar-refractivity contribution in [1.82, 2.24) is 15.3 Å². The molecule has 2 unspecified atom stereocenters. The van der Waals surface area contributed by atoms with Crippen LogP contribution < -0.4 is 16.8 Å². The minimum absolute atomic E-state index is 0.213. The molecule has 29 heavy (non-hydrogen) atoms. The van der Waals surface area contributed by atoms with E-state index >= 15 is 0 Å². The van der Waals surface area contributed by atoms with Crippen molar-refractivity contribution in [2.75, 3.05) is 5.73 Å². The van der Waals surface area contributed by atoms with Gasteiger partial charge < -0.3 is 16.8 Å². The first-order chi connectivity index (χ1) is 13.9. The van der Waals surface area contributed by atoms with Gasteiger partial charge in [-0.3, -0.25) is 9.59 Å². The molecule has 4 rings (SSSR count). The number of hydrogen-bond acceptors (Lipinski definition) is 6. The van der Waals surface area contributed by atoms with Gasteiger partial charge in [0.15, 0.2) is 0 Å². The second kappa shape index (κ2) is 7.71. The third-order valence-corrected chi connectivity index (χ3v) is 6.43. The lowest BCUT2D eigenvalue weighted by atomic mass is 9.97. The van der Waals surface area contributed by atoms with Crippen LogP contribution >= 0.6 is 11.8 Å². The SMILES string of the molecule is CC(NC(=O)c1cccc(C2=CCC=C3c4ncnc(N)c4SC3C2)c1)C(N)=O. The number of carbonyl (C=O) groups is 2. The van der Waals surface area contributed by atoms with Crippen LogP contribution in [-0.2, 0) is 4.79 Å². The summed E-state index contributed by atoms with van der Waals surface area (Å²) in [7, 11) is 0. The van der Waals surface area contributed by atoms with E-state index in [4.69, 9.17) is 11.5 Å². The van der Waals surface area contributed by atoms with E-state index in [0.29, 0.717) is 11.4 Å². The number of allylic oxidation sites excluding steroid dienone is 3. The molecule has 0 spiro atoms. The molecule has 0 saturated carbocycles. The van der Waals surface area contributed by atoms with Crippen molar-refractivity contribution in [2.45, 2.75) is 36.0 Å². The van der Waals surface area contributed by atoms with Crippen molar-refractivity contribution in [2.24, 2.45) is 5.73 Å². The zero-order valence-electron chi connectivity index (χ0n) is 15.9. The first kappa shape index (κ1) is 19.2. The maximum absolute atomic E-state index is 12.4. The van der Waals surface area contributed by atoms with Crippen molar-refractivity contribution in [3.63, 3.8) is 0 Å². The number of hydrogen-bond donors (Lipinski definition) is 3. The van der Waals surface area contributed by atoms with Gasteiger partial charge in [-0.05, 0) is 48.6 Å². The van der Waals surface area contributed by atoms with Gasteiger partial charge in [0.2, 0.25) is 5.91 Å². The Morgan fingerprint density at radius 3 is 2.90 bits per heavy atom. The van der Waals surface area contributed by atoms with Crippen molar-refractivity contribution in [1.29, 1.82) is 0 Å². The highest BCUT2D eigenvalue weighted by Gasteiger charge is 2.32. The standard InChI is InChI=1S/C21H21N5O2S/c1-11(20(23)27)26-21(28)14-6-2-4-12(8-14)13-5-3-7-15-16(9-13)29-18-17(15)24-10-25-19(18)22/h2,4-8,10-11,16H,3,9H2,1H3,(H2,23,27)(H,26,28)(H2,22,24,25). The number of nitrogens with two attached hydrogens (primary N) is 2. The molecule has 0 bridgehead atoms. The van der Waals surface area contributed by atoms with Gasteiger partial charge in [0.25, 0.3) is 5.91 Å². The predicted octanol–water partition coefficient (Wildman–Crippen LogP) is 2.40. The Morgan fingerprint density at radius 1 is 1.28 bits per heavy atom. The number of aromatic nitrogens is 2. The molecule has 0 radical (unpaired) electrons. The van der Waals surface area contributed by atoms with Crippen LogP contribution in [0.5, 0.6) is 0 Å². The van der Waals surface area contributed by atoms with E-state index in [1.165, 1.54) is 11.9 Å². The van der Waals surface area contributed by atoms with E-state index in [1.54, 1.807) is 24.8 Å². The number of anilines is 1. The van der Waals surface area contributed by atoms with E-state index in [-0.39, 0.29) is 11.2 Å². The highest BCUT2D eigenvalue weighted by Crippen LogP contribution is 2.50. The Labute approximate surface area is 172 Å². The van der Waals surface area contributed by atoms with E-state index in [1.807, 2.05) is 18.2 Å². The van der Waals surface area contributed by atoms with Crippen LogP contribution in [-0.4, -0.2) is 33.1 Å².